The van der Waals surface area contributed by atoms with Gasteiger partial charge in [0.1, 0.15) is 6.61 Å². The van der Waals surface area contributed by atoms with Gasteiger partial charge in [0.25, 0.3) is 0 Å². The molecule has 0 bridgehead atoms. The van der Waals surface area contributed by atoms with Gasteiger partial charge < -0.3 is 15.2 Å². The van der Waals surface area contributed by atoms with Gasteiger partial charge in [-0.1, -0.05) is 54.3 Å². The maximum absolute atomic E-state index is 11.6. The molecule has 0 aliphatic heterocycles. The second kappa shape index (κ2) is 9.44. The van der Waals surface area contributed by atoms with Crippen molar-refractivity contribution in [2.24, 2.45) is 0 Å². The van der Waals surface area contributed by atoms with Crippen LogP contribution in [0.15, 0.2) is 54.6 Å². The number of benzene rings is 2. The Morgan fingerprint density at radius 3 is 2.37 bits per heavy atom. The van der Waals surface area contributed by atoms with Crippen molar-refractivity contribution in [2.45, 2.75) is 32.3 Å². The van der Waals surface area contributed by atoms with Gasteiger partial charge in [0.15, 0.2) is 0 Å². The first-order valence-corrected chi connectivity index (χ1v) is 8.67. The number of hydrogen-bond acceptors (Lipinski definition) is 3. The lowest BCUT2D eigenvalue weighted by Gasteiger charge is -2.19. The van der Waals surface area contributed by atoms with Crippen molar-refractivity contribution >= 4 is 12.1 Å². The Kier molecular flexibility index (Phi) is 7.01. The summed E-state index contributed by atoms with van der Waals surface area (Å²) in [6.45, 7) is 3.96. The Labute approximate surface area is 159 Å². The van der Waals surface area contributed by atoms with E-state index in [1.54, 1.807) is 38.1 Å². The van der Waals surface area contributed by atoms with Crippen LogP contribution in [0.25, 0.3) is 0 Å². The van der Waals surface area contributed by atoms with Crippen LogP contribution in [0, 0.1) is 11.8 Å². The maximum Gasteiger partial charge on any atom is 0.407 e. The molecule has 0 saturated carbocycles. The van der Waals surface area contributed by atoms with Gasteiger partial charge in [0, 0.05) is 18.5 Å². The van der Waals surface area contributed by atoms with E-state index in [4.69, 9.17) is 4.74 Å². The third-order valence-corrected chi connectivity index (χ3v) is 4.11. The fourth-order valence-corrected chi connectivity index (χ4v) is 2.26. The molecule has 0 spiro atoms. The molecule has 27 heavy (non-hydrogen) atoms. The van der Waals surface area contributed by atoms with Crippen LogP contribution in [0.1, 0.15) is 37.0 Å². The van der Waals surface area contributed by atoms with Crippen LogP contribution in [-0.2, 0) is 21.6 Å². The number of carbonyl (C=O) groups is 2. The lowest BCUT2D eigenvalue weighted by atomic mass is 9.84. The fourth-order valence-electron chi connectivity index (χ4n) is 2.26. The summed E-state index contributed by atoms with van der Waals surface area (Å²) >= 11 is 0. The van der Waals surface area contributed by atoms with Crippen molar-refractivity contribution in [3.8, 4) is 11.8 Å². The highest BCUT2D eigenvalue weighted by Gasteiger charge is 2.28. The van der Waals surface area contributed by atoms with Gasteiger partial charge in [0.05, 0.1) is 5.41 Å². The summed E-state index contributed by atoms with van der Waals surface area (Å²) < 4.78 is 5.11. The van der Waals surface area contributed by atoms with E-state index >= 15 is 0 Å². The summed E-state index contributed by atoms with van der Waals surface area (Å²) in [5.41, 5.74) is 1.52. The van der Waals surface area contributed by atoms with Crippen LogP contribution < -0.4 is 5.32 Å². The Balaban J connectivity index is 1.74. The number of carboxylic acids is 1. The molecule has 0 unspecified atom stereocenters. The SMILES string of the molecule is CC(C)(C(=O)O)c1ccc(C#CCCNC(=O)OCc2ccccc2)cc1. The molecule has 140 valence electrons. The second-order valence-electron chi connectivity index (χ2n) is 6.55. The lowest BCUT2D eigenvalue weighted by molar-refractivity contribution is -0.142. The van der Waals surface area contributed by atoms with E-state index < -0.39 is 17.5 Å². The van der Waals surface area contributed by atoms with Crippen LogP contribution in [0.2, 0.25) is 0 Å². The van der Waals surface area contributed by atoms with Crippen LogP contribution >= 0.6 is 0 Å². The van der Waals surface area contributed by atoms with Crippen LogP contribution in [0.5, 0.6) is 0 Å². The van der Waals surface area contributed by atoms with Crippen molar-refractivity contribution < 1.29 is 19.4 Å². The molecule has 5 heteroatoms. The average Bonchev–Trinajstić information content (AvgIpc) is 2.67. The fraction of sp³-hybridized carbons (Fsp3) is 0.273. The van der Waals surface area contributed by atoms with Crippen LogP contribution in [0.4, 0.5) is 4.79 Å². The average molecular weight is 365 g/mol. The second-order valence-corrected chi connectivity index (χ2v) is 6.55. The number of carbonyl (C=O) groups excluding carboxylic acids is 1. The number of ether oxygens (including phenoxy) is 1. The first-order valence-electron chi connectivity index (χ1n) is 8.67. The first kappa shape index (κ1) is 20.1. The van der Waals surface area contributed by atoms with Crippen molar-refractivity contribution in [1.29, 1.82) is 0 Å². The standard InChI is InChI=1S/C22H23NO4/c1-22(2,20(24)25)19-13-11-17(12-14-19)8-6-7-15-23-21(26)27-16-18-9-4-3-5-10-18/h3-5,9-14H,7,15-16H2,1-2H3,(H,23,26)(H,24,25). The predicted molar refractivity (Wildman–Crippen MR) is 103 cm³/mol. The summed E-state index contributed by atoms with van der Waals surface area (Å²) in [6.07, 6.45) is 0.0175. The zero-order chi connectivity index (χ0) is 19.7. The molecular weight excluding hydrogens is 342 g/mol. The van der Waals surface area contributed by atoms with E-state index in [0.29, 0.717) is 13.0 Å². The number of hydrogen-bond donors (Lipinski definition) is 2. The van der Waals surface area contributed by atoms with Gasteiger partial charge in [-0.3, -0.25) is 4.79 Å². The molecule has 2 aromatic rings. The Bertz CT molecular complexity index is 830. The van der Waals surface area contributed by atoms with E-state index in [-0.39, 0.29) is 6.61 Å². The highest BCUT2D eigenvalue weighted by Crippen LogP contribution is 2.23. The molecular formula is C22H23NO4. The smallest absolute Gasteiger partial charge is 0.407 e. The molecule has 0 aliphatic rings. The summed E-state index contributed by atoms with van der Waals surface area (Å²) in [6, 6.07) is 16.6. The molecule has 0 saturated heterocycles. The first-order chi connectivity index (χ1) is 12.9. The lowest BCUT2D eigenvalue weighted by Crippen LogP contribution is -2.28. The summed E-state index contributed by atoms with van der Waals surface area (Å²) in [5, 5.41) is 11.9. The molecule has 5 nitrogen and oxygen atoms in total. The van der Waals surface area contributed by atoms with Gasteiger partial charge in [-0.05, 0) is 37.1 Å². The number of amides is 1. The highest BCUT2D eigenvalue weighted by molar-refractivity contribution is 5.80. The molecule has 2 rings (SSSR count). The molecule has 0 aliphatic carbocycles. The number of aliphatic carboxylic acids is 1. The monoisotopic (exact) mass is 365 g/mol. The Hall–Kier alpha value is -3.26. The van der Waals surface area contributed by atoms with Crippen molar-refractivity contribution in [3.05, 3.63) is 71.3 Å². The minimum absolute atomic E-state index is 0.234. The number of carboxylic acid groups (broad SMARTS) is 1. The van der Waals surface area contributed by atoms with E-state index in [2.05, 4.69) is 17.2 Å². The van der Waals surface area contributed by atoms with Gasteiger partial charge in [-0.2, -0.15) is 0 Å². The third kappa shape index (κ3) is 6.19. The van der Waals surface area contributed by atoms with Crippen molar-refractivity contribution in [1.82, 2.24) is 5.32 Å². The summed E-state index contributed by atoms with van der Waals surface area (Å²) in [4.78, 5) is 22.9. The van der Waals surface area contributed by atoms with Gasteiger partial charge in [-0.25, -0.2) is 4.79 Å². The highest BCUT2D eigenvalue weighted by atomic mass is 16.5. The molecule has 1 amide bonds. The van der Waals surface area contributed by atoms with E-state index in [0.717, 1.165) is 16.7 Å². The predicted octanol–water partition coefficient (Wildman–Crippen LogP) is 3.72. The Morgan fingerprint density at radius 1 is 1.07 bits per heavy atom. The number of nitrogens with one attached hydrogen (secondary N) is 1. The topological polar surface area (TPSA) is 75.6 Å². The Morgan fingerprint density at radius 2 is 1.74 bits per heavy atom. The summed E-state index contributed by atoms with van der Waals surface area (Å²) in [7, 11) is 0. The van der Waals surface area contributed by atoms with Crippen molar-refractivity contribution in [3.63, 3.8) is 0 Å². The molecule has 2 N–H and O–H groups in total. The maximum atomic E-state index is 11.6. The zero-order valence-electron chi connectivity index (χ0n) is 15.5. The van der Waals surface area contributed by atoms with Crippen molar-refractivity contribution in [2.75, 3.05) is 6.54 Å². The molecule has 0 aromatic heterocycles. The minimum atomic E-state index is -0.935. The minimum Gasteiger partial charge on any atom is -0.481 e. The van der Waals surface area contributed by atoms with Gasteiger partial charge >= 0.3 is 12.1 Å². The summed E-state index contributed by atoms with van der Waals surface area (Å²) in [5.74, 6) is 5.10. The molecule has 0 atom stereocenters. The molecule has 0 heterocycles. The van der Waals surface area contributed by atoms with E-state index in [1.165, 1.54) is 0 Å². The normalized spacial score (nSPS) is 10.4. The zero-order valence-corrected chi connectivity index (χ0v) is 15.5. The van der Waals surface area contributed by atoms with E-state index in [9.17, 15) is 14.7 Å². The molecule has 2 aromatic carbocycles. The third-order valence-electron chi connectivity index (χ3n) is 4.11. The molecule has 0 radical (unpaired) electrons. The van der Waals surface area contributed by atoms with Gasteiger partial charge in [0.2, 0.25) is 0 Å². The molecule has 0 fully saturated rings. The van der Waals surface area contributed by atoms with Crippen LogP contribution in [0.3, 0.4) is 0 Å². The van der Waals surface area contributed by atoms with Gasteiger partial charge in [-0.15, -0.1) is 0 Å². The van der Waals surface area contributed by atoms with E-state index in [1.807, 2.05) is 30.3 Å². The number of rotatable bonds is 6. The largest absolute Gasteiger partial charge is 0.481 e. The van der Waals surface area contributed by atoms with Crippen LogP contribution in [-0.4, -0.2) is 23.7 Å². The number of alkyl carbamates (subject to hydrolysis) is 1. The quantitative estimate of drug-likeness (QED) is 0.604.